The van der Waals surface area contributed by atoms with E-state index in [9.17, 15) is 0 Å². The van der Waals surface area contributed by atoms with E-state index < -0.39 is 0 Å². The summed E-state index contributed by atoms with van der Waals surface area (Å²) in [5, 5.41) is 3.46. The Labute approximate surface area is 128 Å². The number of aromatic nitrogens is 2. The van der Waals surface area contributed by atoms with E-state index in [0.29, 0.717) is 6.04 Å². The molecule has 1 fully saturated rings. The van der Waals surface area contributed by atoms with Gasteiger partial charge < -0.3 is 15.1 Å². The van der Waals surface area contributed by atoms with Crippen molar-refractivity contribution in [2.45, 2.75) is 51.7 Å². The first kappa shape index (κ1) is 16.2. The van der Waals surface area contributed by atoms with Gasteiger partial charge in [0.1, 0.15) is 5.82 Å². The minimum atomic E-state index is 0.0989. The average Bonchev–Trinajstić information content (AvgIpc) is 2.45. The molecule has 1 aromatic rings. The minimum Gasteiger partial charge on any atom is -0.355 e. The van der Waals surface area contributed by atoms with E-state index in [2.05, 4.69) is 55.0 Å². The van der Waals surface area contributed by atoms with Gasteiger partial charge >= 0.3 is 0 Å². The summed E-state index contributed by atoms with van der Waals surface area (Å²) in [6.07, 6.45) is 6.13. The SMILES string of the molecule is CN(C)C1CCN(c2cncc(CNC(C)(C)C)n2)CC1. The summed E-state index contributed by atoms with van der Waals surface area (Å²) in [4.78, 5) is 13.8. The quantitative estimate of drug-likeness (QED) is 0.918. The number of nitrogens with zero attached hydrogens (tertiary/aromatic N) is 4. The van der Waals surface area contributed by atoms with E-state index >= 15 is 0 Å². The summed E-state index contributed by atoms with van der Waals surface area (Å²) in [6, 6.07) is 0.694. The molecule has 0 bridgehead atoms. The number of hydrogen-bond donors (Lipinski definition) is 1. The van der Waals surface area contributed by atoms with Crippen LogP contribution in [0, 0.1) is 0 Å². The molecule has 0 spiro atoms. The summed E-state index contributed by atoms with van der Waals surface area (Å²) >= 11 is 0. The molecule has 1 aromatic heterocycles. The van der Waals surface area contributed by atoms with Crippen LogP contribution in [0.15, 0.2) is 12.4 Å². The normalized spacial score (nSPS) is 17.5. The Morgan fingerprint density at radius 1 is 1.24 bits per heavy atom. The molecule has 1 saturated heterocycles. The Bertz CT molecular complexity index is 444. The van der Waals surface area contributed by atoms with Gasteiger partial charge in [0.05, 0.1) is 11.9 Å². The van der Waals surface area contributed by atoms with Gasteiger partial charge in [-0.2, -0.15) is 0 Å². The van der Waals surface area contributed by atoms with Crippen LogP contribution in [0.25, 0.3) is 0 Å². The van der Waals surface area contributed by atoms with E-state index in [1.165, 1.54) is 12.8 Å². The van der Waals surface area contributed by atoms with E-state index in [0.717, 1.165) is 31.1 Å². The van der Waals surface area contributed by atoms with E-state index in [-0.39, 0.29) is 5.54 Å². The van der Waals surface area contributed by atoms with Gasteiger partial charge in [0.15, 0.2) is 0 Å². The van der Waals surface area contributed by atoms with Crippen molar-refractivity contribution in [2.75, 3.05) is 32.1 Å². The Morgan fingerprint density at radius 2 is 1.90 bits per heavy atom. The highest BCUT2D eigenvalue weighted by Crippen LogP contribution is 2.19. The van der Waals surface area contributed by atoms with E-state index in [4.69, 9.17) is 4.98 Å². The molecule has 2 heterocycles. The van der Waals surface area contributed by atoms with Crippen molar-refractivity contribution in [3.05, 3.63) is 18.1 Å². The van der Waals surface area contributed by atoms with Gasteiger partial charge in [-0.05, 0) is 47.7 Å². The first-order valence-electron chi connectivity index (χ1n) is 7.82. The van der Waals surface area contributed by atoms with Gasteiger partial charge in [-0.15, -0.1) is 0 Å². The molecule has 1 aliphatic heterocycles. The predicted molar refractivity (Wildman–Crippen MR) is 87.5 cm³/mol. The van der Waals surface area contributed by atoms with Crippen LogP contribution in [-0.4, -0.2) is 53.6 Å². The lowest BCUT2D eigenvalue weighted by Crippen LogP contribution is -2.42. The second-order valence-corrected chi connectivity index (χ2v) is 7.15. The van der Waals surface area contributed by atoms with Gasteiger partial charge in [-0.25, -0.2) is 4.98 Å². The summed E-state index contributed by atoms with van der Waals surface area (Å²) in [7, 11) is 4.33. The molecule has 5 heteroatoms. The molecule has 0 aromatic carbocycles. The molecule has 21 heavy (non-hydrogen) atoms. The van der Waals surface area contributed by atoms with Crippen molar-refractivity contribution in [3.8, 4) is 0 Å². The number of nitrogens with one attached hydrogen (secondary N) is 1. The van der Waals surface area contributed by atoms with Crippen LogP contribution in [0.2, 0.25) is 0 Å². The highest BCUT2D eigenvalue weighted by atomic mass is 15.2. The predicted octanol–water partition coefficient (Wildman–Crippen LogP) is 1.90. The Hall–Kier alpha value is -1.20. The molecule has 5 nitrogen and oxygen atoms in total. The lowest BCUT2D eigenvalue weighted by atomic mass is 10.0. The maximum atomic E-state index is 4.76. The third-order valence-electron chi connectivity index (χ3n) is 3.99. The second kappa shape index (κ2) is 6.71. The third-order valence-corrected chi connectivity index (χ3v) is 3.99. The number of hydrogen-bond acceptors (Lipinski definition) is 5. The Kier molecular flexibility index (Phi) is 5.17. The standard InChI is InChI=1S/C16H29N5/c1-16(2,3)18-11-13-10-17-12-15(19-13)21-8-6-14(7-9-21)20(4)5/h10,12,14,18H,6-9,11H2,1-5H3. The van der Waals surface area contributed by atoms with Crippen molar-refractivity contribution in [2.24, 2.45) is 0 Å². The van der Waals surface area contributed by atoms with Crippen LogP contribution in [0.1, 0.15) is 39.3 Å². The zero-order valence-corrected chi connectivity index (χ0v) is 14.1. The fourth-order valence-corrected chi connectivity index (χ4v) is 2.60. The monoisotopic (exact) mass is 291 g/mol. The Balaban J connectivity index is 1.95. The maximum absolute atomic E-state index is 4.76. The zero-order chi connectivity index (χ0) is 15.5. The highest BCUT2D eigenvalue weighted by Gasteiger charge is 2.21. The number of piperidine rings is 1. The Morgan fingerprint density at radius 3 is 2.48 bits per heavy atom. The molecule has 1 N–H and O–H groups in total. The van der Waals surface area contributed by atoms with Crippen LogP contribution in [-0.2, 0) is 6.54 Å². The first-order chi connectivity index (χ1) is 9.85. The average molecular weight is 291 g/mol. The first-order valence-corrected chi connectivity index (χ1v) is 7.82. The summed E-state index contributed by atoms with van der Waals surface area (Å²) < 4.78 is 0. The second-order valence-electron chi connectivity index (χ2n) is 7.15. The van der Waals surface area contributed by atoms with Gasteiger partial charge in [-0.1, -0.05) is 0 Å². The molecule has 0 unspecified atom stereocenters. The molecular formula is C16H29N5. The van der Waals surface area contributed by atoms with Gasteiger partial charge in [0, 0.05) is 37.4 Å². The maximum Gasteiger partial charge on any atom is 0.147 e. The molecule has 2 rings (SSSR count). The van der Waals surface area contributed by atoms with Gasteiger partial charge in [0.2, 0.25) is 0 Å². The van der Waals surface area contributed by atoms with Crippen LogP contribution < -0.4 is 10.2 Å². The minimum absolute atomic E-state index is 0.0989. The van der Waals surface area contributed by atoms with Crippen molar-refractivity contribution in [1.29, 1.82) is 0 Å². The molecular weight excluding hydrogens is 262 g/mol. The zero-order valence-electron chi connectivity index (χ0n) is 14.1. The van der Waals surface area contributed by atoms with Crippen molar-refractivity contribution >= 4 is 5.82 Å². The smallest absolute Gasteiger partial charge is 0.147 e. The van der Waals surface area contributed by atoms with Crippen molar-refractivity contribution in [3.63, 3.8) is 0 Å². The van der Waals surface area contributed by atoms with Crippen LogP contribution in [0.3, 0.4) is 0 Å². The fourth-order valence-electron chi connectivity index (χ4n) is 2.60. The van der Waals surface area contributed by atoms with E-state index in [1.54, 1.807) is 0 Å². The molecule has 0 aliphatic carbocycles. The molecule has 0 atom stereocenters. The molecule has 0 saturated carbocycles. The van der Waals surface area contributed by atoms with Crippen LogP contribution in [0.4, 0.5) is 5.82 Å². The third kappa shape index (κ3) is 4.93. The summed E-state index contributed by atoms with van der Waals surface area (Å²) in [5.41, 5.74) is 1.11. The van der Waals surface area contributed by atoms with Crippen molar-refractivity contribution in [1.82, 2.24) is 20.2 Å². The number of rotatable bonds is 4. The largest absolute Gasteiger partial charge is 0.355 e. The highest BCUT2D eigenvalue weighted by molar-refractivity contribution is 5.37. The lowest BCUT2D eigenvalue weighted by molar-refractivity contribution is 0.249. The molecule has 1 aliphatic rings. The molecule has 0 amide bonds. The van der Waals surface area contributed by atoms with Crippen LogP contribution in [0.5, 0.6) is 0 Å². The molecule has 118 valence electrons. The molecule has 0 radical (unpaired) electrons. The fraction of sp³-hybridized carbons (Fsp3) is 0.750. The van der Waals surface area contributed by atoms with Crippen molar-refractivity contribution < 1.29 is 0 Å². The summed E-state index contributed by atoms with van der Waals surface area (Å²) in [6.45, 7) is 9.38. The van der Waals surface area contributed by atoms with Crippen LogP contribution >= 0.6 is 0 Å². The lowest BCUT2D eigenvalue weighted by Gasteiger charge is -2.35. The topological polar surface area (TPSA) is 44.3 Å². The number of anilines is 1. The summed E-state index contributed by atoms with van der Waals surface area (Å²) in [5.74, 6) is 1.01. The van der Waals surface area contributed by atoms with Gasteiger partial charge in [0.25, 0.3) is 0 Å². The van der Waals surface area contributed by atoms with Gasteiger partial charge in [-0.3, -0.25) is 4.98 Å². The van der Waals surface area contributed by atoms with E-state index in [1.807, 2.05) is 12.4 Å².